The lowest BCUT2D eigenvalue weighted by Gasteiger charge is -2.16. The first-order valence-electron chi connectivity index (χ1n) is 9.48. The fourth-order valence-electron chi connectivity index (χ4n) is 3.02. The molecule has 4 N–H and O–H groups in total. The van der Waals surface area contributed by atoms with E-state index in [2.05, 4.69) is 5.32 Å². The summed E-state index contributed by atoms with van der Waals surface area (Å²) in [5.41, 5.74) is 5.54. The van der Waals surface area contributed by atoms with Crippen LogP contribution in [-0.4, -0.2) is 41.6 Å². The van der Waals surface area contributed by atoms with Crippen molar-refractivity contribution >= 4 is 42.5 Å². The number of nitrogens with one attached hydrogen (secondary N) is 2. The van der Waals surface area contributed by atoms with E-state index >= 15 is 0 Å². The van der Waals surface area contributed by atoms with Crippen LogP contribution < -0.4 is 15.8 Å². The Labute approximate surface area is 191 Å². The first kappa shape index (κ1) is 26.4. The number of benzene rings is 2. The van der Waals surface area contributed by atoms with Gasteiger partial charge in [-0.1, -0.05) is 23.8 Å². The number of hydrogen-bond acceptors (Lipinski definition) is 6. The molecule has 0 bridgehead atoms. The minimum atomic E-state index is -3.83. The van der Waals surface area contributed by atoms with Crippen LogP contribution in [0, 0.1) is 17.5 Å². The molecule has 0 spiro atoms. The third-order valence-corrected chi connectivity index (χ3v) is 5.84. The van der Waals surface area contributed by atoms with Gasteiger partial charge in [-0.2, -0.15) is 0 Å². The van der Waals surface area contributed by atoms with Gasteiger partial charge >= 0.3 is 0 Å². The van der Waals surface area contributed by atoms with Gasteiger partial charge in [0.25, 0.3) is 0 Å². The second kappa shape index (κ2) is 10.4. The highest BCUT2D eigenvalue weighted by Crippen LogP contribution is 2.33. The van der Waals surface area contributed by atoms with Gasteiger partial charge in [-0.25, -0.2) is 30.0 Å². The Morgan fingerprint density at radius 2 is 1.64 bits per heavy atom. The second-order valence-electron chi connectivity index (χ2n) is 7.38. The summed E-state index contributed by atoms with van der Waals surface area (Å²) >= 11 is 0. The molecule has 7 nitrogen and oxygen atoms in total. The minimum Gasteiger partial charge on any atom is -0.349 e. The van der Waals surface area contributed by atoms with Gasteiger partial charge in [0.2, 0.25) is 10.0 Å². The summed E-state index contributed by atoms with van der Waals surface area (Å²) < 4.78 is 91.5. The molecule has 0 saturated heterocycles. The molecule has 0 atom stereocenters. The Balaban J connectivity index is 2.53. The van der Waals surface area contributed by atoms with Crippen LogP contribution in [0.1, 0.15) is 12.5 Å². The van der Waals surface area contributed by atoms with Crippen LogP contribution in [-0.2, 0) is 19.9 Å². The van der Waals surface area contributed by atoms with E-state index in [0.29, 0.717) is 16.7 Å². The molecule has 33 heavy (non-hydrogen) atoms. The van der Waals surface area contributed by atoms with Crippen molar-refractivity contribution in [1.29, 1.82) is 0 Å². The lowest BCUT2D eigenvalue weighted by atomic mass is 10.00. The van der Waals surface area contributed by atoms with Crippen LogP contribution >= 0.6 is 0 Å². The normalized spacial score (nSPS) is 13.2. The van der Waals surface area contributed by atoms with E-state index in [4.69, 9.17) is 5.73 Å². The lowest BCUT2D eigenvalue weighted by molar-refractivity contribution is 0.512. The number of anilines is 3. The monoisotopic (exact) mass is 503 g/mol. The van der Waals surface area contributed by atoms with Crippen LogP contribution in [0.15, 0.2) is 48.1 Å². The van der Waals surface area contributed by atoms with Crippen LogP contribution in [0.25, 0.3) is 5.57 Å². The van der Waals surface area contributed by atoms with Crippen molar-refractivity contribution in [2.75, 3.05) is 34.8 Å². The highest BCUT2D eigenvalue weighted by atomic mass is 32.2. The highest BCUT2D eigenvalue weighted by molar-refractivity contribution is 7.92. The van der Waals surface area contributed by atoms with E-state index in [1.165, 1.54) is 12.1 Å². The standard InChI is InChI=1S/C21H24F3N3O4S2/c1-13(12-32(2,28)29)15(5-4-10-25)14-6-8-18(17(23)11-14)26-21-19(27-33(3,30)31)9-7-16(22)20(21)24/h4-9,11,26-27H,10,12,25H2,1-3H3/b5-4-,15-13+. The molecule has 2 aromatic carbocycles. The maximum atomic E-state index is 14.9. The van der Waals surface area contributed by atoms with Crippen molar-refractivity contribution in [3.8, 4) is 0 Å². The molecule has 0 aromatic heterocycles. The number of halogens is 3. The molecule has 2 aromatic rings. The summed E-state index contributed by atoms with van der Waals surface area (Å²) in [5, 5.41) is 2.38. The quantitative estimate of drug-likeness (QED) is 0.451. The average Bonchev–Trinajstić information content (AvgIpc) is 2.67. The Hall–Kier alpha value is -2.83. The molecule has 2 rings (SSSR count). The first-order chi connectivity index (χ1) is 15.2. The Morgan fingerprint density at radius 3 is 2.18 bits per heavy atom. The molecular weight excluding hydrogens is 479 g/mol. The number of sulfonamides is 1. The van der Waals surface area contributed by atoms with Crippen molar-refractivity contribution in [3.05, 3.63) is 71.1 Å². The van der Waals surface area contributed by atoms with Gasteiger partial charge in [-0.3, -0.25) is 4.72 Å². The van der Waals surface area contributed by atoms with Crippen molar-refractivity contribution in [2.24, 2.45) is 5.73 Å². The van der Waals surface area contributed by atoms with Crippen molar-refractivity contribution in [2.45, 2.75) is 6.92 Å². The molecule has 0 saturated carbocycles. The predicted octanol–water partition coefficient (Wildman–Crippen LogP) is 3.55. The van der Waals surface area contributed by atoms with Gasteiger partial charge in [0.15, 0.2) is 21.5 Å². The fraction of sp³-hybridized carbons (Fsp3) is 0.238. The van der Waals surface area contributed by atoms with Crippen molar-refractivity contribution in [1.82, 2.24) is 0 Å². The van der Waals surface area contributed by atoms with Crippen molar-refractivity contribution in [3.63, 3.8) is 0 Å². The van der Waals surface area contributed by atoms with Crippen molar-refractivity contribution < 1.29 is 30.0 Å². The highest BCUT2D eigenvalue weighted by Gasteiger charge is 2.18. The van der Waals surface area contributed by atoms with Gasteiger partial charge in [-0.05, 0) is 42.3 Å². The zero-order valence-electron chi connectivity index (χ0n) is 18.1. The molecule has 0 aliphatic rings. The molecule has 0 heterocycles. The van der Waals surface area contributed by atoms with E-state index in [1.54, 1.807) is 19.1 Å². The summed E-state index contributed by atoms with van der Waals surface area (Å²) in [6.45, 7) is 1.76. The Bertz CT molecular complexity index is 1320. The zero-order valence-corrected chi connectivity index (χ0v) is 19.7. The first-order valence-corrected chi connectivity index (χ1v) is 13.4. The van der Waals surface area contributed by atoms with Gasteiger partial charge < -0.3 is 11.1 Å². The summed E-state index contributed by atoms with van der Waals surface area (Å²) in [5.74, 6) is -3.79. The van der Waals surface area contributed by atoms with Crippen LogP contribution in [0.3, 0.4) is 0 Å². The smallest absolute Gasteiger partial charge is 0.229 e. The molecular formula is C21H24F3N3O4S2. The van der Waals surface area contributed by atoms with Crippen LogP contribution in [0.2, 0.25) is 0 Å². The number of sulfone groups is 1. The minimum absolute atomic E-state index is 0.173. The number of allylic oxidation sites excluding steroid dienone is 2. The molecule has 0 amide bonds. The maximum absolute atomic E-state index is 14.9. The molecule has 180 valence electrons. The Kier molecular flexibility index (Phi) is 8.33. The van der Waals surface area contributed by atoms with E-state index < -0.39 is 43.0 Å². The Morgan fingerprint density at radius 1 is 1.00 bits per heavy atom. The topological polar surface area (TPSA) is 118 Å². The fourth-order valence-corrected chi connectivity index (χ4v) is 4.53. The molecule has 12 heteroatoms. The number of nitrogens with two attached hydrogens (primary N) is 1. The second-order valence-corrected chi connectivity index (χ2v) is 11.3. The molecule has 0 aliphatic carbocycles. The van der Waals surface area contributed by atoms with Gasteiger partial charge in [-0.15, -0.1) is 0 Å². The molecule has 0 fully saturated rings. The third kappa shape index (κ3) is 7.62. The predicted molar refractivity (Wildman–Crippen MR) is 125 cm³/mol. The summed E-state index contributed by atoms with van der Waals surface area (Å²) in [4.78, 5) is 0. The molecule has 0 unspecified atom stereocenters. The number of rotatable bonds is 9. The average molecular weight is 504 g/mol. The maximum Gasteiger partial charge on any atom is 0.229 e. The van der Waals surface area contributed by atoms with Crippen LogP contribution in [0.4, 0.5) is 30.2 Å². The van der Waals surface area contributed by atoms with Gasteiger partial charge in [0.1, 0.15) is 11.5 Å². The summed E-state index contributed by atoms with van der Waals surface area (Å²) in [7, 11) is -7.18. The lowest BCUT2D eigenvalue weighted by Crippen LogP contribution is -2.12. The summed E-state index contributed by atoms with van der Waals surface area (Å²) in [6.07, 6.45) is 5.05. The zero-order chi connectivity index (χ0) is 25.0. The van der Waals surface area contributed by atoms with E-state index in [-0.39, 0.29) is 23.7 Å². The molecule has 0 aliphatic heterocycles. The van der Waals surface area contributed by atoms with E-state index in [9.17, 15) is 30.0 Å². The third-order valence-electron chi connectivity index (χ3n) is 4.29. The SMILES string of the molecule is C/C(CS(C)(=O)=O)=C(/C=C\CN)c1ccc(Nc2c(NS(C)(=O)=O)ccc(F)c2F)c(F)c1. The van der Waals surface area contributed by atoms with Gasteiger partial charge in [0, 0.05) is 12.8 Å². The van der Waals surface area contributed by atoms with E-state index in [1.807, 2.05) is 4.72 Å². The largest absolute Gasteiger partial charge is 0.349 e. The number of hydrogen-bond donors (Lipinski definition) is 3. The van der Waals surface area contributed by atoms with Crippen LogP contribution in [0.5, 0.6) is 0 Å². The van der Waals surface area contributed by atoms with E-state index in [0.717, 1.165) is 30.7 Å². The van der Waals surface area contributed by atoms with Gasteiger partial charge in [0.05, 0.1) is 23.4 Å². The summed E-state index contributed by atoms with van der Waals surface area (Å²) in [6, 6.07) is 5.52. The molecule has 0 radical (unpaired) electrons.